The predicted molar refractivity (Wildman–Crippen MR) is 119 cm³/mol. The van der Waals surface area contributed by atoms with Crippen molar-refractivity contribution in [3.63, 3.8) is 0 Å². The largest absolute Gasteiger partial charge is 0.423 e. The van der Waals surface area contributed by atoms with Crippen molar-refractivity contribution in [1.29, 1.82) is 0 Å². The third kappa shape index (κ3) is 4.55. The van der Waals surface area contributed by atoms with Gasteiger partial charge in [-0.15, -0.1) is 0 Å². The Labute approximate surface area is 184 Å². The second-order valence-corrected chi connectivity index (χ2v) is 8.80. The minimum Gasteiger partial charge on any atom is -0.423 e. The van der Waals surface area contributed by atoms with Gasteiger partial charge in [0.15, 0.2) is 5.75 Å². The van der Waals surface area contributed by atoms with Gasteiger partial charge in [0.1, 0.15) is 16.2 Å². The molecule has 0 aromatic heterocycles. The van der Waals surface area contributed by atoms with Crippen molar-refractivity contribution in [1.82, 2.24) is 0 Å². The van der Waals surface area contributed by atoms with E-state index in [1.807, 2.05) is 30.3 Å². The average molecular weight is 453 g/mol. The van der Waals surface area contributed by atoms with Crippen LogP contribution in [0.15, 0.2) is 89.8 Å². The van der Waals surface area contributed by atoms with Gasteiger partial charge in [0.25, 0.3) is 0 Å². The summed E-state index contributed by atoms with van der Waals surface area (Å²) < 4.78 is 36.2. The lowest BCUT2D eigenvalue weighted by Gasteiger charge is -2.12. The quantitative estimate of drug-likeness (QED) is 0.218. The van der Waals surface area contributed by atoms with E-state index in [0.29, 0.717) is 16.3 Å². The minimum atomic E-state index is -4.18. The van der Waals surface area contributed by atoms with Gasteiger partial charge in [-0.2, -0.15) is 8.42 Å². The van der Waals surface area contributed by atoms with Crippen LogP contribution >= 0.6 is 11.6 Å². The van der Waals surface area contributed by atoms with Gasteiger partial charge < -0.3 is 8.92 Å². The van der Waals surface area contributed by atoms with Gasteiger partial charge in [0.05, 0.1) is 0 Å². The normalized spacial score (nSPS) is 11.3. The summed E-state index contributed by atoms with van der Waals surface area (Å²) in [6.07, 6.45) is 0. The number of rotatable bonds is 5. The van der Waals surface area contributed by atoms with Crippen LogP contribution in [0.2, 0.25) is 5.02 Å². The maximum atomic E-state index is 12.8. The number of aryl methyl sites for hydroxylation is 1. The average Bonchev–Trinajstić information content (AvgIpc) is 2.75. The molecule has 0 aliphatic rings. The van der Waals surface area contributed by atoms with E-state index in [1.165, 1.54) is 30.3 Å². The maximum absolute atomic E-state index is 12.8. The number of para-hydroxylation sites is 1. The molecule has 0 aliphatic carbocycles. The van der Waals surface area contributed by atoms with Gasteiger partial charge in [-0.25, -0.2) is 4.79 Å². The summed E-state index contributed by atoms with van der Waals surface area (Å²) >= 11 is 5.97. The molecule has 0 heterocycles. The lowest BCUT2D eigenvalue weighted by atomic mass is 10.1. The second kappa shape index (κ2) is 8.41. The van der Waals surface area contributed by atoms with Gasteiger partial charge >= 0.3 is 16.1 Å². The Hall–Kier alpha value is -3.35. The molecular weight excluding hydrogens is 436 g/mol. The summed E-state index contributed by atoms with van der Waals surface area (Å²) in [5.74, 6) is -0.510. The molecule has 0 fully saturated rings. The standard InChI is InChI=1S/C24H17ClO5S/c1-16-14-20(12-13-22(16)25)31(27,28)30-23-9-5-4-8-21(23)24(26)29-19-11-10-17-6-2-3-7-18(17)15-19/h2-15H,1H3. The first-order valence-electron chi connectivity index (χ1n) is 9.34. The lowest BCUT2D eigenvalue weighted by molar-refractivity contribution is 0.0733. The molecule has 4 aromatic rings. The number of ether oxygens (including phenoxy) is 1. The van der Waals surface area contributed by atoms with Crippen molar-refractivity contribution in [2.45, 2.75) is 11.8 Å². The molecule has 31 heavy (non-hydrogen) atoms. The Morgan fingerprint density at radius 1 is 0.839 bits per heavy atom. The van der Waals surface area contributed by atoms with E-state index in [1.54, 1.807) is 31.2 Å². The Morgan fingerprint density at radius 3 is 2.32 bits per heavy atom. The molecule has 156 valence electrons. The van der Waals surface area contributed by atoms with E-state index >= 15 is 0 Å². The predicted octanol–water partition coefficient (Wildman–Crippen LogP) is 5.79. The van der Waals surface area contributed by atoms with E-state index < -0.39 is 16.1 Å². The summed E-state index contributed by atoms with van der Waals surface area (Å²) in [4.78, 5) is 12.7. The molecular formula is C24H17ClO5S. The molecule has 0 unspecified atom stereocenters. The van der Waals surface area contributed by atoms with Crippen molar-refractivity contribution in [3.05, 3.63) is 101 Å². The van der Waals surface area contributed by atoms with Crippen LogP contribution in [0.1, 0.15) is 15.9 Å². The van der Waals surface area contributed by atoms with Crippen molar-refractivity contribution in [2.24, 2.45) is 0 Å². The van der Waals surface area contributed by atoms with Gasteiger partial charge in [-0.05, 0) is 65.7 Å². The van der Waals surface area contributed by atoms with Crippen LogP contribution in [0.3, 0.4) is 0 Å². The van der Waals surface area contributed by atoms with E-state index in [0.717, 1.165) is 10.8 Å². The number of fused-ring (bicyclic) bond motifs is 1. The van der Waals surface area contributed by atoms with Crippen molar-refractivity contribution >= 4 is 38.5 Å². The van der Waals surface area contributed by atoms with Gasteiger partial charge in [-0.1, -0.05) is 54.1 Å². The first-order valence-corrected chi connectivity index (χ1v) is 11.1. The summed E-state index contributed by atoms with van der Waals surface area (Å²) in [5, 5.41) is 2.37. The molecule has 0 atom stereocenters. The highest BCUT2D eigenvalue weighted by atomic mass is 35.5. The number of benzene rings is 4. The van der Waals surface area contributed by atoms with Crippen LogP contribution in [0, 0.1) is 6.92 Å². The number of hydrogen-bond acceptors (Lipinski definition) is 5. The van der Waals surface area contributed by atoms with E-state index in [9.17, 15) is 13.2 Å². The summed E-state index contributed by atoms with van der Waals surface area (Å²) in [6, 6.07) is 23.2. The first kappa shape index (κ1) is 20.9. The van der Waals surface area contributed by atoms with Gasteiger partial charge in [0.2, 0.25) is 0 Å². The van der Waals surface area contributed by atoms with Crippen LogP contribution in [0.25, 0.3) is 10.8 Å². The fourth-order valence-electron chi connectivity index (χ4n) is 3.04. The third-order valence-electron chi connectivity index (χ3n) is 4.66. The van der Waals surface area contributed by atoms with Crippen molar-refractivity contribution in [3.8, 4) is 11.5 Å². The smallest absolute Gasteiger partial charge is 0.347 e. The number of halogens is 1. The van der Waals surface area contributed by atoms with Crippen molar-refractivity contribution in [2.75, 3.05) is 0 Å². The topological polar surface area (TPSA) is 69.7 Å². The van der Waals surface area contributed by atoms with Crippen LogP contribution in [0.4, 0.5) is 0 Å². The van der Waals surface area contributed by atoms with Gasteiger partial charge in [0, 0.05) is 5.02 Å². The minimum absolute atomic E-state index is 0.00933. The van der Waals surface area contributed by atoms with Gasteiger partial charge in [-0.3, -0.25) is 0 Å². The third-order valence-corrected chi connectivity index (χ3v) is 6.31. The van der Waals surface area contributed by atoms with E-state index in [2.05, 4.69) is 0 Å². The highest BCUT2D eigenvalue weighted by Gasteiger charge is 2.22. The molecule has 4 aromatic carbocycles. The molecule has 0 aliphatic heterocycles. The molecule has 5 nitrogen and oxygen atoms in total. The lowest BCUT2D eigenvalue weighted by Crippen LogP contribution is -2.15. The fraction of sp³-hybridized carbons (Fsp3) is 0.0417. The van der Waals surface area contributed by atoms with Crippen LogP contribution in [-0.4, -0.2) is 14.4 Å². The zero-order valence-electron chi connectivity index (χ0n) is 16.4. The second-order valence-electron chi connectivity index (χ2n) is 6.84. The fourth-order valence-corrected chi connectivity index (χ4v) is 4.19. The van der Waals surface area contributed by atoms with Crippen LogP contribution < -0.4 is 8.92 Å². The number of esters is 1. The summed E-state index contributed by atoms with van der Waals surface area (Å²) in [5.41, 5.74) is 0.584. The van der Waals surface area contributed by atoms with Crippen LogP contribution in [0.5, 0.6) is 11.5 Å². The molecule has 7 heteroatoms. The number of carbonyl (C=O) groups excluding carboxylic acids is 1. The molecule has 0 amide bonds. The zero-order valence-corrected chi connectivity index (χ0v) is 18.0. The highest BCUT2D eigenvalue weighted by Crippen LogP contribution is 2.27. The first-order chi connectivity index (χ1) is 14.8. The van der Waals surface area contributed by atoms with E-state index in [-0.39, 0.29) is 16.2 Å². The summed E-state index contributed by atoms with van der Waals surface area (Å²) in [7, 11) is -4.18. The van der Waals surface area contributed by atoms with Crippen LogP contribution in [-0.2, 0) is 10.1 Å². The molecule has 4 rings (SSSR count). The zero-order chi connectivity index (χ0) is 22.0. The Bertz CT molecular complexity index is 1400. The molecule has 0 saturated heterocycles. The number of hydrogen-bond donors (Lipinski definition) is 0. The highest BCUT2D eigenvalue weighted by molar-refractivity contribution is 7.87. The Morgan fingerprint density at radius 2 is 1.55 bits per heavy atom. The SMILES string of the molecule is Cc1cc(S(=O)(=O)Oc2ccccc2C(=O)Oc2ccc3ccccc3c2)ccc1Cl. The summed E-state index contributed by atoms with van der Waals surface area (Å²) in [6.45, 7) is 1.69. The molecule has 0 N–H and O–H groups in total. The van der Waals surface area contributed by atoms with E-state index in [4.69, 9.17) is 20.5 Å². The Kier molecular flexibility index (Phi) is 5.67. The molecule has 0 spiro atoms. The van der Waals surface area contributed by atoms with Crippen molar-refractivity contribution < 1.29 is 22.1 Å². The maximum Gasteiger partial charge on any atom is 0.347 e. The molecule has 0 saturated carbocycles. The molecule has 0 radical (unpaired) electrons. The molecule has 0 bridgehead atoms. The number of carbonyl (C=O) groups is 1. The monoisotopic (exact) mass is 452 g/mol. The Balaban J connectivity index is 1.61.